The third-order valence-corrected chi connectivity index (χ3v) is 10.6. The normalized spacial score (nSPS) is 18.7. The molecule has 5 N–H and O–H groups in total. The molecule has 0 aromatic heterocycles. The fourth-order valence-electron chi connectivity index (χ4n) is 5.71. The third-order valence-electron chi connectivity index (χ3n) is 8.84. The van der Waals surface area contributed by atoms with Gasteiger partial charge in [-0.05, 0) is 58.2 Å². The van der Waals surface area contributed by atoms with Gasteiger partial charge >= 0.3 is 6.03 Å². The van der Waals surface area contributed by atoms with E-state index in [1.807, 2.05) is 11.8 Å². The van der Waals surface area contributed by atoms with E-state index in [0.717, 1.165) is 77.0 Å². The average molecular weight is 730 g/mol. The van der Waals surface area contributed by atoms with Crippen LogP contribution in [0.5, 0.6) is 0 Å². The highest BCUT2D eigenvalue weighted by molar-refractivity contribution is 8.00. The Morgan fingerprint density at radius 3 is 1.86 bits per heavy atom. The SMILES string of the molecule is CCCS[C@@H](CCCCC(=O)NCCCOCCOCCOCCCNC(=O)CCCC(=O)NCCN1CCN(C)CC1)[C@]1(C)CNC(=O)N1. The molecule has 2 atom stereocenters. The Balaban J connectivity index is 1.29. The summed E-state index contributed by atoms with van der Waals surface area (Å²) < 4.78 is 16.7. The van der Waals surface area contributed by atoms with E-state index in [4.69, 9.17) is 14.2 Å². The summed E-state index contributed by atoms with van der Waals surface area (Å²) in [6.07, 6.45) is 7.09. The van der Waals surface area contributed by atoms with E-state index in [-0.39, 0.29) is 29.3 Å². The molecule has 0 radical (unpaired) electrons. The molecule has 50 heavy (non-hydrogen) atoms. The molecule has 0 aliphatic carbocycles. The number of nitrogens with one attached hydrogen (secondary N) is 5. The first-order chi connectivity index (χ1) is 24.2. The zero-order valence-electron chi connectivity index (χ0n) is 31.1. The summed E-state index contributed by atoms with van der Waals surface area (Å²) in [4.78, 5) is 52.6. The maximum atomic E-state index is 12.2. The van der Waals surface area contributed by atoms with Gasteiger partial charge in [-0.25, -0.2) is 4.79 Å². The minimum atomic E-state index is -0.242. The smallest absolute Gasteiger partial charge is 0.315 e. The van der Waals surface area contributed by atoms with Gasteiger partial charge in [-0.1, -0.05) is 13.3 Å². The molecule has 2 aliphatic rings. The molecule has 290 valence electrons. The Labute approximate surface area is 305 Å². The van der Waals surface area contributed by atoms with E-state index in [9.17, 15) is 19.2 Å². The molecule has 14 nitrogen and oxygen atoms in total. The lowest BCUT2D eigenvalue weighted by atomic mass is 9.94. The number of thioether (sulfide) groups is 1. The van der Waals surface area contributed by atoms with Gasteiger partial charge < -0.3 is 45.7 Å². The second kappa shape index (κ2) is 27.5. The van der Waals surface area contributed by atoms with Crippen LogP contribution in [0.1, 0.15) is 78.1 Å². The predicted molar refractivity (Wildman–Crippen MR) is 198 cm³/mol. The molecule has 0 bridgehead atoms. The first-order valence-electron chi connectivity index (χ1n) is 18.8. The lowest BCUT2D eigenvalue weighted by Gasteiger charge is -2.32. The van der Waals surface area contributed by atoms with Crippen molar-refractivity contribution < 1.29 is 33.4 Å². The fraction of sp³-hybridized carbons (Fsp3) is 0.886. The number of hydrogen-bond acceptors (Lipinski definition) is 10. The van der Waals surface area contributed by atoms with E-state index in [1.54, 1.807) is 0 Å². The lowest BCUT2D eigenvalue weighted by Crippen LogP contribution is -2.49. The van der Waals surface area contributed by atoms with Gasteiger partial charge in [0, 0.05) is 96.6 Å². The van der Waals surface area contributed by atoms with Crippen LogP contribution < -0.4 is 26.6 Å². The molecule has 5 amide bonds. The largest absolute Gasteiger partial charge is 0.379 e. The number of unbranched alkanes of at least 4 members (excludes halogenated alkanes) is 1. The van der Waals surface area contributed by atoms with Crippen molar-refractivity contribution >= 4 is 35.5 Å². The van der Waals surface area contributed by atoms with Gasteiger partial charge in [-0.15, -0.1) is 0 Å². The number of amides is 5. The number of ether oxygens (including phenoxy) is 3. The Hall–Kier alpha value is -2.17. The van der Waals surface area contributed by atoms with Crippen LogP contribution in [0.25, 0.3) is 0 Å². The number of carbonyl (C=O) groups is 4. The number of likely N-dealkylation sites (N-methyl/N-ethyl adjacent to an activating group) is 1. The second-order valence-electron chi connectivity index (χ2n) is 13.4. The predicted octanol–water partition coefficient (Wildman–Crippen LogP) is 1.73. The monoisotopic (exact) mass is 729 g/mol. The van der Waals surface area contributed by atoms with Crippen molar-refractivity contribution in [3.63, 3.8) is 0 Å². The molecular weight excluding hydrogens is 662 g/mol. The minimum absolute atomic E-state index is 0.00484. The molecular formula is C35H67N7O7S. The Kier molecular flexibility index (Phi) is 24.2. The van der Waals surface area contributed by atoms with Gasteiger partial charge in [0.25, 0.3) is 0 Å². The zero-order valence-corrected chi connectivity index (χ0v) is 31.9. The molecule has 0 aromatic rings. The molecule has 2 aliphatic heterocycles. The number of urea groups is 1. The van der Waals surface area contributed by atoms with Crippen LogP contribution in [-0.2, 0) is 28.6 Å². The van der Waals surface area contributed by atoms with Crippen LogP contribution in [-0.4, -0.2) is 156 Å². The Bertz CT molecular complexity index is 958. The average Bonchev–Trinajstić information content (AvgIpc) is 3.45. The van der Waals surface area contributed by atoms with E-state index < -0.39 is 0 Å². The number of carbonyl (C=O) groups excluding carboxylic acids is 4. The number of piperazine rings is 1. The Morgan fingerprint density at radius 1 is 0.780 bits per heavy atom. The van der Waals surface area contributed by atoms with E-state index in [1.165, 1.54) is 0 Å². The highest BCUT2D eigenvalue weighted by atomic mass is 32.2. The summed E-state index contributed by atoms with van der Waals surface area (Å²) in [5.41, 5.74) is -0.242. The number of rotatable bonds is 30. The first-order valence-corrected chi connectivity index (χ1v) is 19.9. The molecule has 0 unspecified atom stereocenters. The standard InChI is InChI=1S/C35H67N7O7S/c1-4-28-50-30(35(2)29-39-34(46)40-35)10-5-6-11-31(43)36-14-8-22-47-24-26-49-27-25-48-23-9-15-37-32(44)12-7-13-33(45)38-16-17-42-20-18-41(3)19-21-42/h30H,4-29H2,1-3H3,(H,36,43)(H,37,44)(H,38,45)(H2,39,40,46)/t30-,35-/m0/s1. The number of nitrogens with zero attached hydrogens (tertiary/aromatic N) is 2. The van der Waals surface area contributed by atoms with Crippen molar-refractivity contribution in [1.29, 1.82) is 0 Å². The van der Waals surface area contributed by atoms with Crippen molar-refractivity contribution in [3.8, 4) is 0 Å². The van der Waals surface area contributed by atoms with E-state index in [2.05, 4.69) is 57.3 Å². The van der Waals surface area contributed by atoms with Crippen LogP contribution in [0.2, 0.25) is 0 Å². The highest BCUT2D eigenvalue weighted by Crippen LogP contribution is 2.30. The summed E-state index contributed by atoms with van der Waals surface area (Å²) in [5, 5.41) is 15.1. The fourth-order valence-corrected chi connectivity index (χ4v) is 7.08. The summed E-state index contributed by atoms with van der Waals surface area (Å²) in [6.45, 7) is 14.8. The summed E-state index contributed by atoms with van der Waals surface area (Å²) in [7, 11) is 2.13. The van der Waals surface area contributed by atoms with Crippen LogP contribution in [0.3, 0.4) is 0 Å². The molecule has 0 spiro atoms. The maximum Gasteiger partial charge on any atom is 0.315 e. The van der Waals surface area contributed by atoms with Gasteiger partial charge in [0.2, 0.25) is 17.7 Å². The molecule has 15 heteroatoms. The summed E-state index contributed by atoms with van der Waals surface area (Å²) >= 11 is 1.91. The highest BCUT2D eigenvalue weighted by Gasteiger charge is 2.40. The second-order valence-corrected chi connectivity index (χ2v) is 14.7. The Morgan fingerprint density at radius 2 is 1.32 bits per heavy atom. The molecule has 0 aromatic carbocycles. The van der Waals surface area contributed by atoms with Crippen molar-refractivity contribution in [3.05, 3.63) is 0 Å². The first kappa shape index (κ1) is 44.0. The summed E-state index contributed by atoms with van der Waals surface area (Å²) in [5.74, 6) is 1.10. The van der Waals surface area contributed by atoms with E-state index in [0.29, 0.717) is 96.8 Å². The zero-order chi connectivity index (χ0) is 36.3. The van der Waals surface area contributed by atoms with Crippen molar-refractivity contribution in [1.82, 2.24) is 36.4 Å². The van der Waals surface area contributed by atoms with Gasteiger partial charge in [0.15, 0.2) is 0 Å². The van der Waals surface area contributed by atoms with Crippen LogP contribution in [0, 0.1) is 0 Å². The summed E-state index contributed by atoms with van der Waals surface area (Å²) in [6, 6.07) is -0.0955. The quantitative estimate of drug-likeness (QED) is 0.0689. The van der Waals surface area contributed by atoms with E-state index >= 15 is 0 Å². The lowest BCUT2D eigenvalue weighted by molar-refractivity contribution is -0.123. The van der Waals surface area contributed by atoms with Gasteiger partial charge in [-0.3, -0.25) is 19.3 Å². The molecule has 0 saturated carbocycles. The van der Waals surface area contributed by atoms with Gasteiger partial charge in [0.1, 0.15) is 0 Å². The maximum absolute atomic E-state index is 12.2. The molecule has 2 fully saturated rings. The van der Waals surface area contributed by atoms with Gasteiger partial charge in [0.05, 0.1) is 32.0 Å². The van der Waals surface area contributed by atoms with Crippen LogP contribution in [0.15, 0.2) is 0 Å². The van der Waals surface area contributed by atoms with Crippen LogP contribution >= 0.6 is 11.8 Å². The third kappa shape index (κ3) is 21.3. The van der Waals surface area contributed by atoms with Crippen LogP contribution in [0.4, 0.5) is 4.79 Å². The molecule has 2 heterocycles. The topological polar surface area (TPSA) is 163 Å². The molecule has 2 rings (SSSR count). The molecule has 2 saturated heterocycles. The van der Waals surface area contributed by atoms with Crippen molar-refractivity contribution in [2.45, 2.75) is 88.8 Å². The number of hydrogen-bond donors (Lipinski definition) is 5. The minimum Gasteiger partial charge on any atom is -0.379 e. The van der Waals surface area contributed by atoms with Crippen molar-refractivity contribution in [2.75, 3.05) is 111 Å². The van der Waals surface area contributed by atoms with Crippen molar-refractivity contribution in [2.24, 2.45) is 0 Å². The van der Waals surface area contributed by atoms with Gasteiger partial charge in [-0.2, -0.15) is 11.8 Å².